The van der Waals surface area contributed by atoms with E-state index in [4.69, 9.17) is 9.47 Å². The Morgan fingerprint density at radius 1 is 1.29 bits per heavy atom. The smallest absolute Gasteiger partial charge is 0.303 e. The van der Waals surface area contributed by atoms with E-state index < -0.39 is 34.6 Å². The second kappa shape index (κ2) is 6.13. The summed E-state index contributed by atoms with van der Waals surface area (Å²) < 4.78 is 11.3. The van der Waals surface area contributed by atoms with E-state index in [0.717, 1.165) is 5.57 Å². The first-order valence-electron chi connectivity index (χ1n) is 10.4. The molecule has 4 rings (SSSR count). The van der Waals surface area contributed by atoms with Crippen LogP contribution in [0.4, 0.5) is 0 Å². The van der Waals surface area contributed by atoms with Crippen molar-refractivity contribution in [2.24, 2.45) is 22.7 Å². The molecule has 0 aromatic heterocycles. The fourth-order valence-electron chi connectivity index (χ4n) is 6.42. The number of carbonyl (C=O) groups is 2. The predicted octanol–water partition coefficient (Wildman–Crippen LogP) is 2.16. The minimum Gasteiger partial charge on any atom is -0.450 e. The van der Waals surface area contributed by atoms with Crippen LogP contribution >= 0.6 is 0 Å². The van der Waals surface area contributed by atoms with E-state index in [-0.39, 0.29) is 23.7 Å². The third-order valence-corrected chi connectivity index (χ3v) is 8.50. The molecule has 3 fully saturated rings. The van der Waals surface area contributed by atoms with Crippen LogP contribution < -0.4 is 0 Å². The highest BCUT2D eigenvalue weighted by Crippen LogP contribution is 2.61. The Morgan fingerprint density at radius 2 is 1.96 bits per heavy atom. The van der Waals surface area contributed by atoms with E-state index in [2.05, 4.69) is 0 Å². The third-order valence-electron chi connectivity index (χ3n) is 8.50. The number of Topliss-reactive ketones (excluding diaryl/α,β-unsaturated/α-hetero) is 1. The number of esters is 1. The molecule has 0 aromatic carbocycles. The standard InChI is InChI=1S/C22H32O6/c1-11-6-7-22(26)9-14-13-10-27-15(13)8-16(24)21(14,5)19(25)18(28-12(2)23)17(11)20(22,3)4/h13-16,18,24,26H,6-10H2,1-5H3/t13-,14?,15+,16?,18?,21-,22+/m0/s1. The zero-order chi connectivity index (χ0) is 20.6. The van der Waals surface area contributed by atoms with Gasteiger partial charge in [-0.1, -0.05) is 19.4 Å². The maximum Gasteiger partial charge on any atom is 0.303 e. The molecule has 2 bridgehead atoms. The lowest BCUT2D eigenvalue weighted by atomic mass is 9.47. The molecule has 4 aliphatic rings. The Labute approximate surface area is 166 Å². The molecule has 28 heavy (non-hydrogen) atoms. The fraction of sp³-hybridized carbons (Fsp3) is 0.818. The van der Waals surface area contributed by atoms with Crippen molar-refractivity contribution >= 4 is 11.8 Å². The summed E-state index contributed by atoms with van der Waals surface area (Å²) in [7, 11) is 0. The average Bonchev–Trinajstić information content (AvgIpc) is 2.57. The molecular formula is C22H32O6. The molecule has 7 atom stereocenters. The Kier molecular flexibility index (Phi) is 4.39. The molecule has 0 amide bonds. The highest BCUT2D eigenvalue weighted by atomic mass is 16.5. The van der Waals surface area contributed by atoms with Crippen molar-refractivity contribution < 1.29 is 29.3 Å². The van der Waals surface area contributed by atoms with Crippen molar-refractivity contribution in [2.45, 2.75) is 84.2 Å². The van der Waals surface area contributed by atoms with Gasteiger partial charge in [0, 0.05) is 24.7 Å². The van der Waals surface area contributed by atoms with Gasteiger partial charge in [0.25, 0.3) is 0 Å². The summed E-state index contributed by atoms with van der Waals surface area (Å²) >= 11 is 0. The van der Waals surface area contributed by atoms with Gasteiger partial charge in [0.05, 0.1) is 29.8 Å². The highest BCUT2D eigenvalue weighted by Gasteiger charge is 2.66. The van der Waals surface area contributed by atoms with E-state index in [1.165, 1.54) is 6.92 Å². The molecule has 6 heteroatoms. The Bertz CT molecular complexity index is 754. The average molecular weight is 392 g/mol. The molecule has 6 nitrogen and oxygen atoms in total. The lowest BCUT2D eigenvalue weighted by molar-refractivity contribution is -0.242. The van der Waals surface area contributed by atoms with Crippen molar-refractivity contribution in [1.82, 2.24) is 0 Å². The summed E-state index contributed by atoms with van der Waals surface area (Å²) in [6, 6.07) is 0. The van der Waals surface area contributed by atoms with Crippen LogP contribution in [-0.4, -0.2) is 52.5 Å². The van der Waals surface area contributed by atoms with Crippen molar-refractivity contribution in [2.75, 3.05) is 6.61 Å². The number of rotatable bonds is 1. The number of aliphatic hydroxyl groups excluding tert-OH is 1. The second-order valence-electron chi connectivity index (χ2n) is 10.1. The SMILES string of the molecule is CC(=O)OC1C(=O)[C@]2(C)C(O)C[C@H]3OC[C@H]3C2C[C@]2(O)CCC(C)=C1C2(C)C. The lowest BCUT2D eigenvalue weighted by Crippen LogP contribution is -2.68. The van der Waals surface area contributed by atoms with Gasteiger partial charge in [-0.2, -0.15) is 0 Å². The van der Waals surface area contributed by atoms with Crippen LogP contribution in [0.15, 0.2) is 11.1 Å². The van der Waals surface area contributed by atoms with Crippen LogP contribution in [-0.2, 0) is 19.1 Å². The minimum atomic E-state index is -1.08. The Balaban J connectivity index is 1.93. The van der Waals surface area contributed by atoms with Crippen molar-refractivity contribution in [3.05, 3.63) is 11.1 Å². The summed E-state index contributed by atoms with van der Waals surface area (Å²) in [6.45, 7) is 9.49. The molecule has 156 valence electrons. The predicted molar refractivity (Wildman–Crippen MR) is 101 cm³/mol. The van der Waals surface area contributed by atoms with E-state index >= 15 is 0 Å². The first kappa shape index (κ1) is 20.0. The number of hydrogen-bond donors (Lipinski definition) is 2. The van der Waals surface area contributed by atoms with Gasteiger partial charge in [0.2, 0.25) is 0 Å². The van der Waals surface area contributed by atoms with E-state index in [1.54, 1.807) is 6.92 Å². The number of ketones is 1. The molecular weight excluding hydrogens is 360 g/mol. The van der Waals surface area contributed by atoms with Crippen LogP contribution in [0, 0.1) is 22.7 Å². The Morgan fingerprint density at radius 3 is 2.54 bits per heavy atom. The minimum absolute atomic E-state index is 0.0699. The van der Waals surface area contributed by atoms with Crippen LogP contribution in [0.25, 0.3) is 0 Å². The number of allylic oxidation sites excluding steroid dienone is 1. The summed E-state index contributed by atoms with van der Waals surface area (Å²) in [5.41, 5.74) is -1.14. The third kappa shape index (κ3) is 2.44. The zero-order valence-electron chi connectivity index (χ0n) is 17.4. The lowest BCUT2D eigenvalue weighted by Gasteiger charge is -2.62. The van der Waals surface area contributed by atoms with Gasteiger partial charge >= 0.3 is 5.97 Å². The van der Waals surface area contributed by atoms with Gasteiger partial charge in [-0.25, -0.2) is 0 Å². The number of hydrogen-bond acceptors (Lipinski definition) is 6. The summed E-state index contributed by atoms with van der Waals surface area (Å²) in [6.07, 6.45) is 0.0623. The largest absolute Gasteiger partial charge is 0.450 e. The molecule has 0 aromatic rings. The monoisotopic (exact) mass is 392 g/mol. The van der Waals surface area contributed by atoms with Gasteiger partial charge < -0.3 is 19.7 Å². The number of fused-ring (bicyclic) bond motifs is 5. The van der Waals surface area contributed by atoms with Gasteiger partial charge in [-0.3, -0.25) is 9.59 Å². The maximum atomic E-state index is 13.9. The molecule has 2 saturated carbocycles. The summed E-state index contributed by atoms with van der Waals surface area (Å²) in [5, 5.41) is 22.9. The topological polar surface area (TPSA) is 93.1 Å². The first-order valence-corrected chi connectivity index (χ1v) is 10.4. The van der Waals surface area contributed by atoms with Gasteiger partial charge in [-0.05, 0) is 44.6 Å². The highest BCUT2D eigenvalue weighted by molar-refractivity contribution is 5.94. The van der Waals surface area contributed by atoms with Gasteiger partial charge in [0.15, 0.2) is 11.9 Å². The fourth-order valence-corrected chi connectivity index (χ4v) is 6.42. The summed E-state index contributed by atoms with van der Waals surface area (Å²) in [4.78, 5) is 25.9. The number of carbonyl (C=O) groups excluding carboxylic acids is 2. The first-order chi connectivity index (χ1) is 12.9. The molecule has 0 radical (unpaired) electrons. The van der Waals surface area contributed by atoms with E-state index in [0.29, 0.717) is 37.9 Å². The maximum absolute atomic E-state index is 13.9. The van der Waals surface area contributed by atoms with E-state index in [1.807, 2.05) is 20.8 Å². The number of aliphatic hydroxyl groups is 2. The van der Waals surface area contributed by atoms with Crippen molar-refractivity contribution in [3.8, 4) is 0 Å². The van der Waals surface area contributed by atoms with Gasteiger partial charge in [-0.15, -0.1) is 0 Å². The number of ether oxygens (including phenoxy) is 2. The molecule has 3 unspecified atom stereocenters. The van der Waals surface area contributed by atoms with Crippen molar-refractivity contribution in [3.63, 3.8) is 0 Å². The molecule has 1 saturated heterocycles. The zero-order valence-corrected chi connectivity index (χ0v) is 17.4. The quantitative estimate of drug-likeness (QED) is 0.525. The Hall–Kier alpha value is -1.24. The van der Waals surface area contributed by atoms with Crippen molar-refractivity contribution in [1.29, 1.82) is 0 Å². The van der Waals surface area contributed by atoms with Gasteiger partial charge in [0.1, 0.15) is 0 Å². The molecule has 1 aliphatic heterocycles. The normalized spacial score (nSPS) is 47.2. The van der Waals surface area contributed by atoms with Crippen LogP contribution in [0.1, 0.15) is 60.3 Å². The van der Waals surface area contributed by atoms with Crippen LogP contribution in [0.5, 0.6) is 0 Å². The molecule has 0 spiro atoms. The second-order valence-corrected chi connectivity index (χ2v) is 10.1. The summed E-state index contributed by atoms with van der Waals surface area (Å²) in [5.74, 6) is -0.857. The molecule has 3 aliphatic carbocycles. The van der Waals surface area contributed by atoms with E-state index in [9.17, 15) is 19.8 Å². The van der Waals surface area contributed by atoms with Crippen LogP contribution in [0.3, 0.4) is 0 Å². The van der Waals surface area contributed by atoms with Crippen LogP contribution in [0.2, 0.25) is 0 Å². The molecule has 2 N–H and O–H groups in total. The molecule has 1 heterocycles.